The number of hydrogen-bond acceptors (Lipinski definition) is 14. The van der Waals surface area contributed by atoms with Crippen LogP contribution < -0.4 is 29.4 Å². The lowest BCUT2D eigenvalue weighted by atomic mass is 9.87. The van der Waals surface area contributed by atoms with Crippen molar-refractivity contribution >= 4 is 23.5 Å². The summed E-state index contributed by atoms with van der Waals surface area (Å²) >= 11 is 0. The Morgan fingerprint density at radius 1 is 0.739 bits per heavy atom. The van der Waals surface area contributed by atoms with Crippen LogP contribution in [0.15, 0.2) is 0 Å². The maximum atomic E-state index is 10.6. The van der Waals surface area contributed by atoms with E-state index in [9.17, 15) is 53.3 Å². The third-order valence-corrected chi connectivity index (χ3v) is 4.19. The van der Waals surface area contributed by atoms with E-state index >= 15 is 0 Å². The van der Waals surface area contributed by atoms with Gasteiger partial charge in [-0.2, -0.15) is 0 Å². The average Bonchev–Trinajstić information content (AvgIpc) is 2.25. The highest BCUT2D eigenvalue weighted by Gasteiger charge is 2.47. The largest absolute Gasteiger partial charge is 0.790 e. The minimum absolute atomic E-state index is 0.999. The molecule has 5 atom stereocenters. The van der Waals surface area contributed by atoms with Gasteiger partial charge in [-0.1, -0.05) is 0 Å². The molecule has 23 heavy (non-hydrogen) atoms. The maximum Gasteiger partial charge on any atom is 0.118 e. The highest BCUT2D eigenvalue weighted by atomic mass is 31.2. The lowest BCUT2D eigenvalue weighted by Gasteiger charge is -2.49. The van der Waals surface area contributed by atoms with Crippen LogP contribution in [-0.2, 0) is 27.3 Å². The first-order valence-electron chi connectivity index (χ1n) is 5.56. The van der Waals surface area contributed by atoms with Crippen molar-refractivity contribution in [3.05, 3.63) is 0 Å². The van der Waals surface area contributed by atoms with Gasteiger partial charge >= 0.3 is 0 Å². The Morgan fingerprint density at radius 3 is 1.52 bits per heavy atom. The second kappa shape index (κ2) is 7.24. The molecule has 1 fully saturated rings. The van der Waals surface area contributed by atoms with Gasteiger partial charge in [0, 0.05) is 6.42 Å². The zero-order valence-corrected chi connectivity index (χ0v) is 13.4. The molecule has 2 unspecified atom stereocenters. The SMILES string of the molecule is O=P([O-])([O-])OC1[C@H](O)CC(OP(=O)([O-])[O-])[C@H](OP(=O)([O-])[O-])[C@@H]1O. The highest BCUT2D eigenvalue weighted by Crippen LogP contribution is 2.42. The van der Waals surface area contributed by atoms with Crippen LogP contribution in [0.3, 0.4) is 0 Å². The van der Waals surface area contributed by atoms with E-state index < -0.39 is 60.4 Å². The smallest absolute Gasteiger partial charge is 0.118 e. The van der Waals surface area contributed by atoms with Crippen LogP contribution in [0.25, 0.3) is 0 Å². The van der Waals surface area contributed by atoms with Crippen LogP contribution in [0.4, 0.5) is 0 Å². The van der Waals surface area contributed by atoms with Crippen molar-refractivity contribution in [2.24, 2.45) is 0 Å². The van der Waals surface area contributed by atoms with Crippen molar-refractivity contribution in [2.75, 3.05) is 0 Å². The van der Waals surface area contributed by atoms with Gasteiger partial charge in [0.1, 0.15) is 18.3 Å². The Bertz CT molecular complexity index is 545. The third kappa shape index (κ3) is 7.34. The maximum absolute atomic E-state index is 10.6. The zero-order chi connectivity index (χ0) is 18.2. The van der Waals surface area contributed by atoms with Crippen LogP contribution >= 0.6 is 23.5 Å². The molecule has 0 spiro atoms. The Morgan fingerprint density at radius 2 is 1.13 bits per heavy atom. The highest BCUT2D eigenvalue weighted by molar-refractivity contribution is 7.43. The van der Waals surface area contributed by atoms with E-state index in [1.807, 2.05) is 0 Å². The summed E-state index contributed by atoms with van der Waals surface area (Å²) in [5, 5.41) is 19.3. The number of aliphatic hydroxyl groups is 2. The summed E-state index contributed by atoms with van der Waals surface area (Å²) < 4.78 is 43.2. The fourth-order valence-corrected chi connectivity index (χ4v) is 3.63. The Hall–Kier alpha value is 0.250. The predicted octanol–water partition coefficient (Wildman–Crippen LogP) is -6.25. The van der Waals surface area contributed by atoms with Gasteiger partial charge in [-0.25, -0.2) is 0 Å². The minimum Gasteiger partial charge on any atom is -0.790 e. The van der Waals surface area contributed by atoms with Crippen molar-refractivity contribution in [3.63, 3.8) is 0 Å². The molecule has 1 rings (SSSR count). The molecule has 0 aromatic carbocycles. The normalized spacial score (nSPS) is 33.7. The molecule has 14 nitrogen and oxygen atoms in total. The second-order valence-corrected chi connectivity index (χ2v) is 7.73. The van der Waals surface area contributed by atoms with Crippen molar-refractivity contribution in [1.29, 1.82) is 0 Å². The second-order valence-electron chi connectivity index (χ2n) is 4.42. The van der Waals surface area contributed by atoms with Crippen LogP contribution in [0.5, 0.6) is 0 Å². The molecule has 0 amide bonds. The summed E-state index contributed by atoms with van der Waals surface area (Å²) in [6, 6.07) is 0. The van der Waals surface area contributed by atoms with E-state index in [1.54, 1.807) is 0 Å². The molecule has 2 N–H and O–H groups in total. The van der Waals surface area contributed by atoms with Gasteiger partial charge in [-0.15, -0.1) is 0 Å². The molecule has 0 aliphatic heterocycles. The summed E-state index contributed by atoms with van der Waals surface area (Å²) in [4.78, 5) is 63.4. The van der Waals surface area contributed by atoms with Gasteiger partial charge in [-0.05, 0) is 0 Å². The number of hydrogen-bond donors (Lipinski definition) is 2. The third-order valence-electron chi connectivity index (χ3n) is 2.66. The van der Waals surface area contributed by atoms with Gasteiger partial charge in [-0.3, -0.25) is 0 Å². The van der Waals surface area contributed by atoms with Crippen molar-refractivity contribution < 1.29 is 66.8 Å². The molecule has 1 saturated carbocycles. The average molecular weight is 398 g/mol. The molecule has 1 aliphatic rings. The first-order valence-corrected chi connectivity index (χ1v) is 9.95. The van der Waals surface area contributed by atoms with Gasteiger partial charge in [0.25, 0.3) is 0 Å². The molecule has 138 valence electrons. The Kier molecular flexibility index (Phi) is 6.70. The van der Waals surface area contributed by atoms with Crippen molar-refractivity contribution in [1.82, 2.24) is 0 Å². The zero-order valence-electron chi connectivity index (χ0n) is 10.7. The number of phosphoric acid groups is 3. The van der Waals surface area contributed by atoms with Crippen LogP contribution in [-0.4, -0.2) is 40.7 Å². The first kappa shape index (κ1) is 21.3. The number of aliphatic hydroxyl groups excluding tert-OH is 2. The van der Waals surface area contributed by atoms with E-state index in [0.29, 0.717) is 0 Å². The van der Waals surface area contributed by atoms with Crippen LogP contribution in [0, 0.1) is 0 Å². The monoisotopic (exact) mass is 398 g/mol. The van der Waals surface area contributed by atoms with Crippen LogP contribution in [0.2, 0.25) is 0 Å². The van der Waals surface area contributed by atoms with Gasteiger partial charge in [0.15, 0.2) is 0 Å². The van der Waals surface area contributed by atoms with Gasteiger partial charge in [0.2, 0.25) is 0 Å². The molecule has 0 radical (unpaired) electrons. The van der Waals surface area contributed by atoms with E-state index in [-0.39, 0.29) is 0 Å². The molecule has 1 aliphatic carbocycles. The minimum atomic E-state index is -5.87. The van der Waals surface area contributed by atoms with Crippen molar-refractivity contribution in [3.8, 4) is 0 Å². The Balaban J connectivity index is 3.09. The number of rotatable bonds is 6. The fourth-order valence-electron chi connectivity index (χ4n) is 1.97. The summed E-state index contributed by atoms with van der Waals surface area (Å²) in [5.74, 6) is 0. The predicted molar refractivity (Wildman–Crippen MR) is 54.1 cm³/mol. The lowest BCUT2D eigenvalue weighted by molar-refractivity contribution is -0.366. The molecular formula is C6H9O14P3-6. The standard InChI is InChI=1S/C6H15O14P3/c7-2-1-3(18-21(9,10)11)6(20-23(15,16)17)4(8)5(2)19-22(12,13)14/h2-8H,1H2,(H2,9,10,11)(H2,12,13,14)(H2,15,16,17)/p-6/t2-,3?,4-,5?,6+/m1/s1. The summed E-state index contributed by atoms with van der Waals surface area (Å²) in [7, 11) is -17.4. The lowest BCUT2D eigenvalue weighted by Crippen LogP contribution is -2.59. The fraction of sp³-hybridized carbons (Fsp3) is 1.00. The Labute approximate surface area is 128 Å². The van der Waals surface area contributed by atoms with E-state index in [1.165, 1.54) is 0 Å². The first-order chi connectivity index (χ1) is 10.1. The quantitative estimate of drug-likeness (QED) is 0.394. The summed E-state index contributed by atoms with van der Waals surface area (Å²) in [5.41, 5.74) is 0. The summed E-state index contributed by atoms with van der Waals surface area (Å²) in [6.45, 7) is 0. The van der Waals surface area contributed by atoms with E-state index in [4.69, 9.17) is 0 Å². The molecule has 0 heterocycles. The molecule has 0 bridgehead atoms. The van der Waals surface area contributed by atoms with Crippen LogP contribution in [0.1, 0.15) is 6.42 Å². The molecule has 0 aromatic rings. The number of phosphoric ester groups is 3. The summed E-state index contributed by atoms with van der Waals surface area (Å²) in [6.07, 6.45) is -12.4. The van der Waals surface area contributed by atoms with Crippen molar-refractivity contribution in [2.45, 2.75) is 36.9 Å². The van der Waals surface area contributed by atoms with E-state index in [0.717, 1.165) is 0 Å². The van der Waals surface area contributed by atoms with E-state index in [2.05, 4.69) is 13.6 Å². The molecular weight excluding hydrogens is 389 g/mol. The molecule has 0 aromatic heterocycles. The molecule has 0 saturated heterocycles. The van der Waals surface area contributed by atoms with Gasteiger partial charge < -0.3 is 66.8 Å². The molecule has 17 heteroatoms. The topological polar surface area (TPSA) is 258 Å². The van der Waals surface area contributed by atoms with Gasteiger partial charge in [0.05, 0.1) is 35.7 Å².